The van der Waals surface area contributed by atoms with E-state index in [4.69, 9.17) is 0 Å². The SMILES string of the molecule is CS(=O)(=O)N1CCCC(NC(=O)C2(c3cccc(F)c3)CCCCC2)C1. The van der Waals surface area contributed by atoms with Crippen LogP contribution in [0.1, 0.15) is 50.5 Å². The normalized spacial score (nSPS) is 24.2. The lowest BCUT2D eigenvalue weighted by atomic mass is 9.68. The fourth-order valence-electron chi connectivity index (χ4n) is 4.27. The lowest BCUT2D eigenvalue weighted by Gasteiger charge is -2.39. The molecule has 144 valence electrons. The molecule has 1 heterocycles. The van der Waals surface area contributed by atoms with Crippen LogP contribution in [0.3, 0.4) is 0 Å². The molecule has 1 saturated heterocycles. The van der Waals surface area contributed by atoms with Gasteiger partial charge in [0.2, 0.25) is 15.9 Å². The highest BCUT2D eigenvalue weighted by Gasteiger charge is 2.42. The third kappa shape index (κ3) is 4.09. The number of benzene rings is 1. The molecule has 1 atom stereocenters. The summed E-state index contributed by atoms with van der Waals surface area (Å²) in [6.45, 7) is 0.810. The van der Waals surface area contributed by atoms with Gasteiger partial charge in [-0.1, -0.05) is 31.4 Å². The van der Waals surface area contributed by atoms with Crippen LogP contribution in [0, 0.1) is 5.82 Å². The zero-order valence-corrected chi connectivity index (χ0v) is 16.0. The maximum atomic E-state index is 13.8. The summed E-state index contributed by atoms with van der Waals surface area (Å²) < 4.78 is 38.8. The molecule has 2 aliphatic rings. The lowest BCUT2D eigenvalue weighted by molar-refractivity contribution is -0.129. The maximum absolute atomic E-state index is 13.8. The van der Waals surface area contributed by atoms with Crippen molar-refractivity contribution in [3.05, 3.63) is 35.6 Å². The third-order valence-corrected chi connectivity index (χ3v) is 6.98. The molecule has 1 aromatic carbocycles. The number of carbonyl (C=O) groups is 1. The molecule has 1 amide bonds. The van der Waals surface area contributed by atoms with Crippen molar-refractivity contribution >= 4 is 15.9 Å². The van der Waals surface area contributed by atoms with Crippen LogP contribution in [0.2, 0.25) is 0 Å². The number of hydrogen-bond acceptors (Lipinski definition) is 3. The van der Waals surface area contributed by atoms with E-state index in [0.29, 0.717) is 25.9 Å². The predicted octanol–water partition coefficient (Wildman–Crippen LogP) is 2.57. The largest absolute Gasteiger partial charge is 0.351 e. The Morgan fingerprint density at radius 2 is 1.96 bits per heavy atom. The van der Waals surface area contributed by atoms with Crippen LogP contribution in [-0.4, -0.2) is 44.0 Å². The molecule has 7 heteroatoms. The smallest absolute Gasteiger partial charge is 0.230 e. The average Bonchev–Trinajstić information content (AvgIpc) is 2.62. The molecule has 1 saturated carbocycles. The molecule has 3 rings (SSSR count). The molecular weight excluding hydrogens is 355 g/mol. The molecule has 1 unspecified atom stereocenters. The highest BCUT2D eigenvalue weighted by atomic mass is 32.2. The topological polar surface area (TPSA) is 66.5 Å². The van der Waals surface area contributed by atoms with E-state index in [1.54, 1.807) is 6.07 Å². The summed E-state index contributed by atoms with van der Waals surface area (Å²) in [7, 11) is -3.26. The van der Waals surface area contributed by atoms with Crippen LogP contribution in [0.4, 0.5) is 4.39 Å². The Morgan fingerprint density at radius 1 is 1.23 bits per heavy atom. The molecular formula is C19H27FN2O3S. The number of nitrogens with one attached hydrogen (secondary N) is 1. The fourth-order valence-corrected chi connectivity index (χ4v) is 5.18. The van der Waals surface area contributed by atoms with Crippen LogP contribution >= 0.6 is 0 Å². The van der Waals surface area contributed by atoms with E-state index in [-0.39, 0.29) is 17.8 Å². The van der Waals surface area contributed by atoms with Crippen molar-refractivity contribution in [2.24, 2.45) is 0 Å². The summed E-state index contributed by atoms with van der Waals surface area (Å²) in [6.07, 6.45) is 7.04. The monoisotopic (exact) mass is 382 g/mol. The number of rotatable bonds is 4. The fraction of sp³-hybridized carbons (Fsp3) is 0.632. The van der Waals surface area contributed by atoms with Crippen LogP contribution in [0.5, 0.6) is 0 Å². The van der Waals surface area contributed by atoms with Gasteiger partial charge in [0.05, 0.1) is 11.7 Å². The van der Waals surface area contributed by atoms with Gasteiger partial charge in [0.1, 0.15) is 5.82 Å². The number of piperidine rings is 1. The van der Waals surface area contributed by atoms with Crippen LogP contribution < -0.4 is 5.32 Å². The summed E-state index contributed by atoms with van der Waals surface area (Å²) in [5, 5.41) is 3.08. The Hall–Kier alpha value is -1.47. The minimum Gasteiger partial charge on any atom is -0.351 e. The van der Waals surface area contributed by atoms with Crippen molar-refractivity contribution in [3.8, 4) is 0 Å². The van der Waals surface area contributed by atoms with Gasteiger partial charge in [-0.3, -0.25) is 4.79 Å². The van der Waals surface area contributed by atoms with Gasteiger partial charge in [-0.2, -0.15) is 0 Å². The number of nitrogens with zero attached hydrogens (tertiary/aromatic N) is 1. The van der Waals surface area contributed by atoms with Crippen molar-refractivity contribution in [2.45, 2.75) is 56.4 Å². The van der Waals surface area contributed by atoms with E-state index < -0.39 is 15.4 Å². The molecule has 2 fully saturated rings. The van der Waals surface area contributed by atoms with E-state index in [1.165, 1.54) is 22.7 Å². The van der Waals surface area contributed by atoms with E-state index >= 15 is 0 Å². The molecule has 0 radical (unpaired) electrons. The summed E-state index contributed by atoms with van der Waals surface area (Å²) in [5.41, 5.74) is 0.0127. The molecule has 5 nitrogen and oxygen atoms in total. The summed E-state index contributed by atoms with van der Waals surface area (Å²) in [5.74, 6) is -0.427. The van der Waals surface area contributed by atoms with Gasteiger partial charge in [-0.05, 0) is 43.4 Å². The first-order valence-electron chi connectivity index (χ1n) is 9.33. The predicted molar refractivity (Wildman–Crippen MR) is 98.7 cm³/mol. The molecule has 1 aliphatic carbocycles. The van der Waals surface area contributed by atoms with Crippen LogP contribution in [0.15, 0.2) is 24.3 Å². The number of amides is 1. The van der Waals surface area contributed by atoms with Gasteiger partial charge in [-0.15, -0.1) is 0 Å². The Bertz CT molecular complexity index is 760. The first-order chi connectivity index (χ1) is 12.3. The van der Waals surface area contributed by atoms with Gasteiger partial charge in [0.25, 0.3) is 0 Å². The summed E-state index contributed by atoms with van der Waals surface area (Å²) >= 11 is 0. The standard InChI is InChI=1S/C19H27FN2O3S/c1-26(24,25)22-12-6-9-17(14-22)21-18(23)19(10-3-2-4-11-19)15-7-5-8-16(20)13-15/h5,7-8,13,17H,2-4,6,9-12,14H2,1H3,(H,21,23). The van der Waals surface area contributed by atoms with Crippen molar-refractivity contribution in [3.63, 3.8) is 0 Å². The second-order valence-corrected chi connectivity index (χ2v) is 9.57. The first-order valence-corrected chi connectivity index (χ1v) is 11.2. The van der Waals surface area contributed by atoms with Gasteiger partial charge in [0, 0.05) is 19.1 Å². The molecule has 0 aromatic heterocycles. The molecule has 1 aliphatic heterocycles. The Morgan fingerprint density at radius 3 is 2.62 bits per heavy atom. The molecule has 1 N–H and O–H groups in total. The second-order valence-electron chi connectivity index (χ2n) is 7.59. The number of halogens is 1. The van der Waals surface area contributed by atoms with E-state index in [0.717, 1.165) is 37.7 Å². The highest BCUT2D eigenvalue weighted by molar-refractivity contribution is 7.88. The Labute approximate surface area is 155 Å². The average molecular weight is 383 g/mol. The lowest BCUT2D eigenvalue weighted by Crippen LogP contribution is -2.54. The summed E-state index contributed by atoms with van der Waals surface area (Å²) in [6, 6.07) is 6.15. The first kappa shape index (κ1) is 19.3. The Balaban J connectivity index is 1.80. The van der Waals surface area contributed by atoms with Crippen molar-refractivity contribution in [1.29, 1.82) is 0 Å². The van der Waals surface area contributed by atoms with E-state index in [1.807, 2.05) is 6.07 Å². The molecule has 1 aromatic rings. The Kier molecular flexibility index (Phi) is 5.67. The third-order valence-electron chi connectivity index (χ3n) is 5.71. The zero-order chi connectivity index (χ0) is 18.8. The number of carbonyl (C=O) groups excluding carboxylic acids is 1. The molecule has 0 bridgehead atoms. The maximum Gasteiger partial charge on any atom is 0.230 e. The van der Waals surface area contributed by atoms with E-state index in [9.17, 15) is 17.6 Å². The van der Waals surface area contributed by atoms with Gasteiger partial charge in [-0.25, -0.2) is 17.1 Å². The van der Waals surface area contributed by atoms with Gasteiger partial charge in [0.15, 0.2) is 0 Å². The second kappa shape index (κ2) is 7.64. The van der Waals surface area contributed by atoms with Gasteiger partial charge >= 0.3 is 0 Å². The quantitative estimate of drug-likeness (QED) is 0.870. The number of sulfonamides is 1. The van der Waals surface area contributed by atoms with Crippen LogP contribution in [-0.2, 0) is 20.2 Å². The minimum atomic E-state index is -3.26. The summed E-state index contributed by atoms with van der Waals surface area (Å²) in [4.78, 5) is 13.3. The highest BCUT2D eigenvalue weighted by Crippen LogP contribution is 2.40. The van der Waals surface area contributed by atoms with Crippen LogP contribution in [0.25, 0.3) is 0 Å². The molecule has 0 spiro atoms. The number of hydrogen-bond donors (Lipinski definition) is 1. The van der Waals surface area contributed by atoms with E-state index in [2.05, 4.69) is 5.32 Å². The zero-order valence-electron chi connectivity index (χ0n) is 15.2. The van der Waals surface area contributed by atoms with Crippen molar-refractivity contribution < 1.29 is 17.6 Å². The van der Waals surface area contributed by atoms with Crippen molar-refractivity contribution in [1.82, 2.24) is 9.62 Å². The minimum absolute atomic E-state index is 0.0943. The van der Waals surface area contributed by atoms with Gasteiger partial charge < -0.3 is 5.32 Å². The molecule has 26 heavy (non-hydrogen) atoms. The van der Waals surface area contributed by atoms with Crippen molar-refractivity contribution in [2.75, 3.05) is 19.3 Å².